The molecule has 0 unspecified atom stereocenters. The summed E-state index contributed by atoms with van der Waals surface area (Å²) in [6.07, 6.45) is 2.03. The van der Waals surface area contributed by atoms with Crippen LogP contribution in [0.2, 0.25) is 0 Å². The lowest BCUT2D eigenvalue weighted by molar-refractivity contribution is -0.123. The summed E-state index contributed by atoms with van der Waals surface area (Å²) in [7, 11) is 0. The van der Waals surface area contributed by atoms with Gasteiger partial charge in [0, 0.05) is 11.4 Å². The Kier molecular flexibility index (Phi) is 5.50. The predicted octanol–water partition coefficient (Wildman–Crippen LogP) is 3.36. The van der Waals surface area contributed by atoms with Gasteiger partial charge in [-0.1, -0.05) is 24.3 Å². The van der Waals surface area contributed by atoms with Gasteiger partial charge in [-0.05, 0) is 43.0 Å². The van der Waals surface area contributed by atoms with Crippen molar-refractivity contribution >= 4 is 28.6 Å². The van der Waals surface area contributed by atoms with Crippen LogP contribution in [-0.2, 0) is 11.3 Å². The predicted molar refractivity (Wildman–Crippen MR) is 99.8 cm³/mol. The first-order valence-electron chi connectivity index (χ1n) is 7.91. The first-order chi connectivity index (χ1) is 12.2. The molecule has 25 heavy (non-hydrogen) atoms. The van der Waals surface area contributed by atoms with Gasteiger partial charge >= 0.3 is 0 Å². The van der Waals surface area contributed by atoms with Crippen molar-refractivity contribution in [3.05, 3.63) is 59.9 Å². The first-order valence-corrected chi connectivity index (χ1v) is 9.14. The second kappa shape index (κ2) is 7.98. The van der Waals surface area contributed by atoms with E-state index in [0.717, 1.165) is 16.5 Å². The van der Waals surface area contributed by atoms with Crippen LogP contribution in [0.5, 0.6) is 5.88 Å². The molecule has 3 aromatic rings. The maximum absolute atomic E-state index is 12.1. The molecule has 1 heterocycles. The molecule has 0 aliphatic carbocycles. The number of carbonyl (C=O) groups excluding carboxylic acids is 1. The van der Waals surface area contributed by atoms with Crippen LogP contribution in [-0.4, -0.2) is 28.7 Å². The number of hydrogen-bond acceptors (Lipinski definition) is 5. The number of para-hydroxylation sites is 1. The summed E-state index contributed by atoms with van der Waals surface area (Å²) in [5.74, 6) is 0.861. The molecule has 1 N–H and O–H groups in total. The number of thioether (sulfide) groups is 1. The molecule has 0 saturated heterocycles. The molecule has 6 heteroatoms. The molecule has 0 atom stereocenters. The first kappa shape index (κ1) is 17.2. The molecule has 0 aliphatic rings. The molecule has 1 aromatic heterocycles. The van der Waals surface area contributed by atoms with Crippen LogP contribution in [0, 0.1) is 6.92 Å². The molecule has 1 amide bonds. The van der Waals surface area contributed by atoms with Gasteiger partial charge in [-0.15, -0.1) is 11.8 Å². The fourth-order valence-electron chi connectivity index (χ4n) is 2.40. The molecule has 3 rings (SSSR count). The number of amides is 1. The Labute approximate surface area is 150 Å². The molecule has 0 fully saturated rings. The second-order valence-corrected chi connectivity index (χ2v) is 6.39. The van der Waals surface area contributed by atoms with Crippen molar-refractivity contribution in [2.45, 2.75) is 18.4 Å². The van der Waals surface area contributed by atoms with E-state index in [1.807, 2.05) is 54.8 Å². The number of ether oxygens (including phenoxy) is 1. The van der Waals surface area contributed by atoms with Crippen LogP contribution in [0.3, 0.4) is 0 Å². The third-order valence-corrected chi connectivity index (χ3v) is 4.41. The van der Waals surface area contributed by atoms with Crippen molar-refractivity contribution < 1.29 is 9.53 Å². The summed E-state index contributed by atoms with van der Waals surface area (Å²) in [5.41, 5.74) is 1.86. The van der Waals surface area contributed by atoms with Crippen molar-refractivity contribution in [1.29, 1.82) is 0 Å². The van der Waals surface area contributed by atoms with Crippen LogP contribution < -0.4 is 10.1 Å². The van der Waals surface area contributed by atoms with Gasteiger partial charge in [-0.2, -0.15) is 4.98 Å². The third kappa shape index (κ3) is 4.48. The molecule has 0 radical (unpaired) electrons. The SMILES string of the molecule is CSc1ccc(CNC(=O)COc2nc(C)nc3ccccc23)cc1. The van der Waals surface area contributed by atoms with Crippen LogP contribution in [0.25, 0.3) is 10.9 Å². The van der Waals surface area contributed by atoms with E-state index >= 15 is 0 Å². The lowest BCUT2D eigenvalue weighted by Crippen LogP contribution is -2.28. The number of benzene rings is 2. The molecular formula is C19H19N3O2S. The molecule has 0 bridgehead atoms. The van der Waals surface area contributed by atoms with E-state index in [1.165, 1.54) is 4.90 Å². The Morgan fingerprint density at radius 3 is 2.64 bits per heavy atom. The minimum absolute atomic E-state index is 0.0800. The Balaban J connectivity index is 1.59. The Bertz CT molecular complexity index is 881. The number of carbonyl (C=O) groups is 1. The number of fused-ring (bicyclic) bond motifs is 1. The minimum Gasteiger partial charge on any atom is -0.467 e. The zero-order valence-electron chi connectivity index (χ0n) is 14.2. The Morgan fingerprint density at radius 1 is 1.12 bits per heavy atom. The van der Waals surface area contributed by atoms with Gasteiger partial charge in [0.05, 0.1) is 10.9 Å². The van der Waals surface area contributed by atoms with Crippen molar-refractivity contribution in [2.75, 3.05) is 12.9 Å². The molecular weight excluding hydrogens is 334 g/mol. The highest BCUT2D eigenvalue weighted by Gasteiger charge is 2.09. The van der Waals surface area contributed by atoms with Gasteiger partial charge in [-0.3, -0.25) is 4.79 Å². The van der Waals surface area contributed by atoms with E-state index in [0.29, 0.717) is 18.2 Å². The highest BCUT2D eigenvalue weighted by molar-refractivity contribution is 7.98. The van der Waals surface area contributed by atoms with Gasteiger partial charge in [0.25, 0.3) is 5.91 Å². The number of aryl methyl sites for hydroxylation is 1. The number of hydrogen-bond donors (Lipinski definition) is 1. The van der Waals surface area contributed by atoms with Gasteiger partial charge in [0.2, 0.25) is 5.88 Å². The molecule has 0 saturated carbocycles. The normalized spacial score (nSPS) is 10.6. The zero-order chi connectivity index (χ0) is 17.6. The number of aromatic nitrogens is 2. The molecule has 128 valence electrons. The maximum atomic E-state index is 12.1. The highest BCUT2D eigenvalue weighted by Crippen LogP contribution is 2.21. The molecule has 0 spiro atoms. The van der Waals surface area contributed by atoms with E-state index in [9.17, 15) is 4.79 Å². The van der Waals surface area contributed by atoms with Crippen molar-refractivity contribution in [2.24, 2.45) is 0 Å². The minimum atomic E-state index is -0.186. The zero-order valence-corrected chi connectivity index (χ0v) is 15.0. The summed E-state index contributed by atoms with van der Waals surface area (Å²) in [6.45, 7) is 2.20. The fraction of sp³-hybridized carbons (Fsp3) is 0.211. The largest absolute Gasteiger partial charge is 0.467 e. The van der Waals surface area contributed by atoms with Gasteiger partial charge < -0.3 is 10.1 Å². The van der Waals surface area contributed by atoms with Crippen LogP contribution in [0.4, 0.5) is 0 Å². The maximum Gasteiger partial charge on any atom is 0.258 e. The Morgan fingerprint density at radius 2 is 1.88 bits per heavy atom. The number of rotatable bonds is 6. The number of nitrogens with one attached hydrogen (secondary N) is 1. The Hall–Kier alpha value is -2.60. The van der Waals surface area contributed by atoms with E-state index in [-0.39, 0.29) is 12.5 Å². The van der Waals surface area contributed by atoms with Crippen LogP contribution >= 0.6 is 11.8 Å². The third-order valence-electron chi connectivity index (χ3n) is 3.67. The fourth-order valence-corrected chi connectivity index (χ4v) is 2.81. The summed E-state index contributed by atoms with van der Waals surface area (Å²) in [5, 5.41) is 3.65. The lowest BCUT2D eigenvalue weighted by atomic mass is 10.2. The lowest BCUT2D eigenvalue weighted by Gasteiger charge is -2.10. The van der Waals surface area contributed by atoms with Gasteiger partial charge in [-0.25, -0.2) is 4.98 Å². The van der Waals surface area contributed by atoms with Crippen molar-refractivity contribution in [3.8, 4) is 5.88 Å². The summed E-state index contributed by atoms with van der Waals surface area (Å²) in [4.78, 5) is 21.9. The van der Waals surface area contributed by atoms with Crippen molar-refractivity contribution in [1.82, 2.24) is 15.3 Å². The van der Waals surface area contributed by atoms with Gasteiger partial charge in [0.1, 0.15) is 5.82 Å². The topological polar surface area (TPSA) is 64.1 Å². The summed E-state index contributed by atoms with van der Waals surface area (Å²) < 4.78 is 5.62. The van der Waals surface area contributed by atoms with Crippen molar-refractivity contribution in [3.63, 3.8) is 0 Å². The summed E-state index contributed by atoms with van der Waals surface area (Å²) >= 11 is 1.69. The smallest absolute Gasteiger partial charge is 0.258 e. The van der Waals surface area contributed by atoms with Crippen LogP contribution in [0.15, 0.2) is 53.4 Å². The molecule has 0 aliphatic heterocycles. The monoisotopic (exact) mass is 353 g/mol. The van der Waals surface area contributed by atoms with E-state index in [4.69, 9.17) is 4.74 Å². The van der Waals surface area contributed by atoms with Crippen LogP contribution in [0.1, 0.15) is 11.4 Å². The standard InChI is InChI=1S/C19H19N3O2S/c1-13-21-17-6-4-3-5-16(17)19(22-13)24-12-18(23)20-11-14-7-9-15(25-2)10-8-14/h3-10H,11-12H2,1-2H3,(H,20,23). The molecule has 5 nitrogen and oxygen atoms in total. The summed E-state index contributed by atoms with van der Waals surface area (Å²) in [6, 6.07) is 15.7. The van der Waals surface area contributed by atoms with E-state index in [2.05, 4.69) is 15.3 Å². The highest BCUT2D eigenvalue weighted by atomic mass is 32.2. The van der Waals surface area contributed by atoms with E-state index in [1.54, 1.807) is 18.7 Å². The average molecular weight is 353 g/mol. The second-order valence-electron chi connectivity index (χ2n) is 5.51. The number of nitrogens with zero attached hydrogens (tertiary/aromatic N) is 2. The van der Waals surface area contributed by atoms with E-state index < -0.39 is 0 Å². The molecule has 2 aromatic carbocycles. The van der Waals surface area contributed by atoms with Gasteiger partial charge in [0.15, 0.2) is 6.61 Å². The average Bonchev–Trinajstić information content (AvgIpc) is 2.64. The quantitative estimate of drug-likeness (QED) is 0.689.